The van der Waals surface area contributed by atoms with Gasteiger partial charge < -0.3 is 16.4 Å². The smallest absolute Gasteiger partial charge is 0.163 e. The van der Waals surface area contributed by atoms with Gasteiger partial charge in [-0.2, -0.15) is 0 Å². The molecule has 4 N–H and O–H groups in total. The molecule has 0 aliphatic carbocycles. The number of unbranched alkanes of at least 4 members (excludes halogenated alkanes) is 1. The number of nitrogens with one attached hydrogen (secondary N) is 2. The van der Waals surface area contributed by atoms with E-state index in [1.807, 2.05) is 7.05 Å². The third-order valence-electron chi connectivity index (χ3n) is 2.11. The molecule has 78 valence electrons. The molecule has 0 bridgehead atoms. The molecule has 0 saturated heterocycles. The molecule has 0 amide bonds. The minimum absolute atomic E-state index is 0.0538. The minimum atomic E-state index is -0.0538. The van der Waals surface area contributed by atoms with E-state index in [-0.39, 0.29) is 18.4 Å². The Balaban J connectivity index is 3.53. The first-order valence-corrected chi connectivity index (χ1v) is 4.81. The first-order chi connectivity index (χ1) is 6.26. The van der Waals surface area contributed by atoms with Crippen LogP contribution in [0.1, 0.15) is 19.3 Å². The Hall–Kier alpha value is -0.450. The van der Waals surface area contributed by atoms with E-state index in [0.717, 1.165) is 25.8 Å². The van der Waals surface area contributed by atoms with Crippen LogP contribution < -0.4 is 16.4 Å². The molecular weight excluding hydrogens is 166 g/mol. The summed E-state index contributed by atoms with van der Waals surface area (Å²) in [5.41, 5.74) is 5.28. The Morgan fingerprint density at radius 2 is 2.08 bits per heavy atom. The van der Waals surface area contributed by atoms with Gasteiger partial charge in [-0.25, -0.2) is 0 Å². The van der Waals surface area contributed by atoms with E-state index < -0.39 is 0 Å². The maximum Gasteiger partial charge on any atom is 0.163 e. The highest BCUT2D eigenvalue weighted by Gasteiger charge is 2.13. The van der Waals surface area contributed by atoms with Crippen molar-refractivity contribution >= 4 is 5.78 Å². The highest BCUT2D eigenvalue weighted by atomic mass is 16.1. The normalized spacial score (nSPS) is 12.8. The van der Waals surface area contributed by atoms with Crippen molar-refractivity contribution in [2.75, 3.05) is 27.2 Å². The third-order valence-corrected chi connectivity index (χ3v) is 2.11. The van der Waals surface area contributed by atoms with Gasteiger partial charge in [0.1, 0.15) is 0 Å². The van der Waals surface area contributed by atoms with E-state index in [1.165, 1.54) is 0 Å². The number of carbonyl (C=O) groups excluding carboxylic acids is 1. The van der Waals surface area contributed by atoms with Crippen LogP contribution in [0.15, 0.2) is 0 Å². The Bertz CT molecular complexity index is 139. The largest absolute Gasteiger partial charge is 0.324 e. The van der Waals surface area contributed by atoms with Crippen LogP contribution in [0, 0.1) is 0 Å². The molecule has 0 aromatic rings. The lowest BCUT2D eigenvalue weighted by Gasteiger charge is -2.13. The van der Waals surface area contributed by atoms with Gasteiger partial charge in [0.2, 0.25) is 0 Å². The molecule has 4 heteroatoms. The highest BCUT2D eigenvalue weighted by Crippen LogP contribution is 2.00. The third kappa shape index (κ3) is 5.74. The number of nitrogens with two attached hydrogens (primary N) is 1. The SMILES string of the molecule is CNCCCC[C@H](NC)C(=O)CN. The van der Waals surface area contributed by atoms with Crippen LogP contribution in [0.5, 0.6) is 0 Å². The zero-order chi connectivity index (χ0) is 10.1. The van der Waals surface area contributed by atoms with Crippen LogP contribution in [0.2, 0.25) is 0 Å². The lowest BCUT2D eigenvalue weighted by molar-refractivity contribution is -0.119. The zero-order valence-corrected chi connectivity index (χ0v) is 8.60. The quantitative estimate of drug-likeness (QED) is 0.448. The van der Waals surface area contributed by atoms with Crippen LogP contribution in [0.25, 0.3) is 0 Å². The molecule has 0 radical (unpaired) electrons. The summed E-state index contributed by atoms with van der Waals surface area (Å²) < 4.78 is 0. The van der Waals surface area contributed by atoms with Crippen molar-refractivity contribution in [3.63, 3.8) is 0 Å². The second-order valence-corrected chi connectivity index (χ2v) is 3.11. The Labute approximate surface area is 80.3 Å². The van der Waals surface area contributed by atoms with Crippen LogP contribution in [-0.2, 0) is 4.79 Å². The molecule has 0 aromatic carbocycles. The lowest BCUT2D eigenvalue weighted by Crippen LogP contribution is -2.38. The molecule has 0 heterocycles. The number of rotatable bonds is 8. The van der Waals surface area contributed by atoms with Gasteiger partial charge in [0.25, 0.3) is 0 Å². The fourth-order valence-electron chi connectivity index (χ4n) is 1.26. The van der Waals surface area contributed by atoms with Crippen molar-refractivity contribution in [1.29, 1.82) is 0 Å². The van der Waals surface area contributed by atoms with Gasteiger partial charge in [-0.3, -0.25) is 4.79 Å². The molecule has 0 fully saturated rings. The van der Waals surface area contributed by atoms with Gasteiger partial charge in [0.05, 0.1) is 12.6 Å². The number of ketones is 1. The van der Waals surface area contributed by atoms with Gasteiger partial charge in [0.15, 0.2) is 5.78 Å². The van der Waals surface area contributed by atoms with Crippen LogP contribution in [0.3, 0.4) is 0 Å². The van der Waals surface area contributed by atoms with Crippen LogP contribution in [0.4, 0.5) is 0 Å². The number of hydrogen-bond donors (Lipinski definition) is 3. The summed E-state index contributed by atoms with van der Waals surface area (Å²) in [4.78, 5) is 11.2. The summed E-state index contributed by atoms with van der Waals surface area (Å²) in [7, 11) is 3.73. The second-order valence-electron chi connectivity index (χ2n) is 3.11. The molecule has 0 aliphatic heterocycles. The molecule has 4 nitrogen and oxygen atoms in total. The minimum Gasteiger partial charge on any atom is -0.324 e. The van der Waals surface area contributed by atoms with Crippen molar-refractivity contribution < 1.29 is 4.79 Å². The molecule has 1 atom stereocenters. The Morgan fingerprint density at radius 1 is 1.38 bits per heavy atom. The topological polar surface area (TPSA) is 67.1 Å². The molecule has 13 heavy (non-hydrogen) atoms. The van der Waals surface area contributed by atoms with Crippen LogP contribution in [-0.4, -0.2) is 39.0 Å². The van der Waals surface area contributed by atoms with E-state index in [9.17, 15) is 4.79 Å². The Morgan fingerprint density at radius 3 is 2.54 bits per heavy atom. The van der Waals surface area contributed by atoms with E-state index in [0.29, 0.717) is 0 Å². The maximum absolute atomic E-state index is 11.2. The van der Waals surface area contributed by atoms with E-state index in [2.05, 4.69) is 10.6 Å². The van der Waals surface area contributed by atoms with Gasteiger partial charge >= 0.3 is 0 Å². The second kappa shape index (κ2) is 8.16. The zero-order valence-electron chi connectivity index (χ0n) is 8.60. The summed E-state index contributed by atoms with van der Waals surface area (Å²) in [6.45, 7) is 1.14. The van der Waals surface area contributed by atoms with Crippen molar-refractivity contribution in [1.82, 2.24) is 10.6 Å². The molecule has 0 rings (SSSR count). The first-order valence-electron chi connectivity index (χ1n) is 4.81. The molecule has 0 aliphatic rings. The molecule has 0 unspecified atom stereocenters. The van der Waals surface area contributed by atoms with Crippen molar-refractivity contribution in [3.05, 3.63) is 0 Å². The summed E-state index contributed by atoms with van der Waals surface area (Å²) in [5, 5.41) is 6.05. The Kier molecular flexibility index (Phi) is 7.88. The van der Waals surface area contributed by atoms with Gasteiger partial charge in [0, 0.05) is 0 Å². The predicted octanol–water partition coefficient (Wildman–Crippen LogP) is -0.508. The molecule has 0 spiro atoms. The summed E-state index contributed by atoms with van der Waals surface area (Å²) >= 11 is 0. The average molecular weight is 187 g/mol. The van der Waals surface area contributed by atoms with E-state index in [4.69, 9.17) is 5.73 Å². The van der Waals surface area contributed by atoms with Gasteiger partial charge in [-0.1, -0.05) is 6.42 Å². The maximum atomic E-state index is 11.2. The van der Waals surface area contributed by atoms with Crippen molar-refractivity contribution in [3.8, 4) is 0 Å². The van der Waals surface area contributed by atoms with Crippen molar-refractivity contribution in [2.45, 2.75) is 25.3 Å². The molecule has 0 saturated carbocycles. The monoisotopic (exact) mass is 187 g/mol. The summed E-state index contributed by atoms with van der Waals surface area (Å²) in [5.74, 6) is 0.104. The van der Waals surface area contributed by atoms with E-state index >= 15 is 0 Å². The molecule has 0 aromatic heterocycles. The average Bonchev–Trinajstić information content (AvgIpc) is 2.17. The van der Waals surface area contributed by atoms with E-state index in [1.54, 1.807) is 7.05 Å². The number of hydrogen-bond acceptors (Lipinski definition) is 4. The number of carbonyl (C=O) groups is 1. The summed E-state index contributed by atoms with van der Waals surface area (Å²) in [6, 6.07) is -0.0538. The van der Waals surface area contributed by atoms with Crippen molar-refractivity contribution in [2.24, 2.45) is 5.73 Å². The lowest BCUT2D eigenvalue weighted by atomic mass is 10.1. The first kappa shape index (κ1) is 12.6. The summed E-state index contributed by atoms with van der Waals surface area (Å²) in [6.07, 6.45) is 3.04. The highest BCUT2D eigenvalue weighted by molar-refractivity contribution is 5.85. The van der Waals surface area contributed by atoms with Gasteiger partial charge in [-0.15, -0.1) is 0 Å². The predicted molar refractivity (Wildman–Crippen MR) is 54.7 cm³/mol. The molecular formula is C9H21N3O. The van der Waals surface area contributed by atoms with Crippen LogP contribution >= 0.6 is 0 Å². The number of likely N-dealkylation sites (N-methyl/N-ethyl adjacent to an activating group) is 1. The number of Topliss-reactive ketones (excluding diaryl/α,β-unsaturated/α-hetero) is 1. The fraction of sp³-hybridized carbons (Fsp3) is 0.889. The standard InChI is InChI=1S/C9H21N3O/c1-11-6-4-3-5-8(12-2)9(13)7-10/h8,11-12H,3-7,10H2,1-2H3/t8-/m0/s1. The van der Waals surface area contributed by atoms with Gasteiger partial charge in [-0.05, 0) is 33.5 Å². The fourth-order valence-corrected chi connectivity index (χ4v) is 1.26.